The molecule has 0 aliphatic heterocycles. The van der Waals surface area contributed by atoms with Crippen LogP contribution in [0.1, 0.15) is 21.5 Å². The van der Waals surface area contributed by atoms with Gasteiger partial charge in [0.15, 0.2) is 0 Å². The Hall–Kier alpha value is -3.48. The van der Waals surface area contributed by atoms with Crippen LogP contribution < -0.4 is 10.5 Å². The summed E-state index contributed by atoms with van der Waals surface area (Å²) in [6, 6.07) is 12.6. The molecule has 150 valence electrons. The fourth-order valence-corrected chi connectivity index (χ4v) is 3.18. The molecule has 0 unspecified atom stereocenters. The van der Waals surface area contributed by atoms with Crippen molar-refractivity contribution >= 4 is 5.91 Å². The Kier molecular flexibility index (Phi) is 5.24. The highest BCUT2D eigenvalue weighted by Gasteiger charge is 2.33. The van der Waals surface area contributed by atoms with Crippen LogP contribution in [-0.4, -0.2) is 18.1 Å². The lowest BCUT2D eigenvalue weighted by Gasteiger charge is -2.20. The zero-order valence-electron chi connectivity index (χ0n) is 15.7. The van der Waals surface area contributed by atoms with Gasteiger partial charge in [-0.3, -0.25) is 4.79 Å². The lowest BCUT2D eigenvalue weighted by atomic mass is 9.87. The first-order chi connectivity index (χ1) is 13.6. The molecule has 0 heterocycles. The molecule has 0 spiro atoms. The third-order valence-corrected chi connectivity index (χ3v) is 4.53. The number of carbonyl (C=O) groups is 1. The van der Waals surface area contributed by atoms with Gasteiger partial charge in [-0.1, -0.05) is 23.8 Å². The van der Waals surface area contributed by atoms with Gasteiger partial charge < -0.3 is 15.6 Å². The second-order valence-electron chi connectivity index (χ2n) is 6.56. The molecule has 0 saturated heterocycles. The summed E-state index contributed by atoms with van der Waals surface area (Å²) in [6.07, 6.45) is -4.68. The molecule has 3 aromatic carbocycles. The number of methoxy groups -OCH3 is 1. The molecule has 0 fully saturated rings. The van der Waals surface area contributed by atoms with Crippen LogP contribution in [0.5, 0.6) is 11.5 Å². The minimum Gasteiger partial charge on any atom is -0.508 e. The van der Waals surface area contributed by atoms with Crippen molar-refractivity contribution in [3.63, 3.8) is 0 Å². The Labute approximate surface area is 165 Å². The molecular formula is C22H18F3NO3. The van der Waals surface area contributed by atoms with Crippen LogP contribution in [0.25, 0.3) is 22.3 Å². The number of aromatic hydroxyl groups is 1. The van der Waals surface area contributed by atoms with E-state index in [-0.39, 0.29) is 22.4 Å². The van der Waals surface area contributed by atoms with Crippen molar-refractivity contribution in [3.8, 4) is 33.8 Å². The van der Waals surface area contributed by atoms with E-state index in [2.05, 4.69) is 0 Å². The fourth-order valence-electron chi connectivity index (χ4n) is 3.18. The van der Waals surface area contributed by atoms with Crippen LogP contribution in [0.15, 0.2) is 54.6 Å². The molecule has 29 heavy (non-hydrogen) atoms. The van der Waals surface area contributed by atoms with Gasteiger partial charge in [0.2, 0.25) is 5.91 Å². The Morgan fingerprint density at radius 2 is 1.66 bits per heavy atom. The standard InChI is InChI=1S/C22H18F3NO3/c1-12-3-8-19(29-2)17(9-12)20-16(13-4-6-15(27)7-5-13)10-14(22(23,24)25)11-18(20)21(26)28/h3-11,27H,1-2H3,(H2,26,28). The minimum absolute atomic E-state index is 0.0365. The molecule has 3 N–H and O–H groups in total. The van der Waals surface area contributed by atoms with Crippen molar-refractivity contribution in [2.75, 3.05) is 7.11 Å². The monoisotopic (exact) mass is 401 g/mol. The second kappa shape index (κ2) is 7.50. The van der Waals surface area contributed by atoms with Crippen molar-refractivity contribution in [1.82, 2.24) is 0 Å². The topological polar surface area (TPSA) is 72.5 Å². The van der Waals surface area contributed by atoms with Crippen molar-refractivity contribution in [2.45, 2.75) is 13.1 Å². The number of amides is 1. The molecule has 4 nitrogen and oxygen atoms in total. The maximum absolute atomic E-state index is 13.5. The third-order valence-electron chi connectivity index (χ3n) is 4.53. The van der Waals surface area contributed by atoms with Crippen molar-refractivity contribution < 1.29 is 27.8 Å². The quantitative estimate of drug-likeness (QED) is 0.634. The smallest absolute Gasteiger partial charge is 0.416 e. The van der Waals surface area contributed by atoms with Crippen LogP contribution in [0, 0.1) is 6.92 Å². The lowest BCUT2D eigenvalue weighted by molar-refractivity contribution is -0.137. The summed E-state index contributed by atoms with van der Waals surface area (Å²) in [4.78, 5) is 12.2. The van der Waals surface area contributed by atoms with E-state index in [1.165, 1.54) is 31.4 Å². The largest absolute Gasteiger partial charge is 0.508 e. The second-order valence-corrected chi connectivity index (χ2v) is 6.56. The third kappa shape index (κ3) is 4.03. The van der Waals surface area contributed by atoms with Gasteiger partial charge in [0.25, 0.3) is 0 Å². The van der Waals surface area contributed by atoms with Crippen molar-refractivity contribution in [2.24, 2.45) is 5.73 Å². The van der Waals surface area contributed by atoms with Gasteiger partial charge in [0, 0.05) is 16.7 Å². The number of benzene rings is 3. The van der Waals surface area contributed by atoms with Crippen LogP contribution in [-0.2, 0) is 6.18 Å². The number of nitrogens with two attached hydrogens (primary N) is 1. The molecule has 0 saturated carbocycles. The van der Waals surface area contributed by atoms with E-state index in [1.807, 2.05) is 6.92 Å². The highest BCUT2D eigenvalue weighted by molar-refractivity contribution is 6.05. The number of halogens is 3. The molecule has 1 amide bonds. The molecule has 0 atom stereocenters. The fraction of sp³-hybridized carbons (Fsp3) is 0.136. The Bertz CT molecular complexity index is 1070. The molecule has 3 aromatic rings. The highest BCUT2D eigenvalue weighted by atomic mass is 19.4. The number of phenolic OH excluding ortho intramolecular Hbond substituents is 1. The van der Waals surface area contributed by atoms with Crippen LogP contribution in [0.3, 0.4) is 0 Å². The van der Waals surface area contributed by atoms with E-state index in [0.29, 0.717) is 16.9 Å². The Morgan fingerprint density at radius 1 is 1.00 bits per heavy atom. The molecule has 7 heteroatoms. The summed E-state index contributed by atoms with van der Waals surface area (Å²) < 4.78 is 45.9. The predicted octanol–water partition coefficient (Wildman–Crippen LogP) is 5.16. The molecule has 0 aliphatic carbocycles. The van der Waals surface area contributed by atoms with Crippen LogP contribution in [0.4, 0.5) is 13.2 Å². The molecule has 0 aliphatic rings. The van der Waals surface area contributed by atoms with Crippen LogP contribution in [0.2, 0.25) is 0 Å². The van der Waals surface area contributed by atoms with E-state index in [0.717, 1.165) is 17.7 Å². The van der Waals surface area contributed by atoms with E-state index in [9.17, 15) is 23.1 Å². The number of alkyl halides is 3. The summed E-state index contributed by atoms with van der Waals surface area (Å²) in [7, 11) is 1.43. The summed E-state index contributed by atoms with van der Waals surface area (Å²) >= 11 is 0. The normalized spacial score (nSPS) is 11.3. The number of hydrogen-bond donors (Lipinski definition) is 2. The molecule has 0 radical (unpaired) electrons. The van der Waals surface area contributed by atoms with E-state index >= 15 is 0 Å². The van der Waals surface area contributed by atoms with Crippen LogP contribution >= 0.6 is 0 Å². The molecule has 0 bridgehead atoms. The van der Waals surface area contributed by atoms with E-state index < -0.39 is 17.6 Å². The lowest BCUT2D eigenvalue weighted by Crippen LogP contribution is -2.16. The van der Waals surface area contributed by atoms with Gasteiger partial charge in [-0.15, -0.1) is 0 Å². The number of carbonyl (C=O) groups excluding carboxylic acids is 1. The van der Waals surface area contributed by atoms with Gasteiger partial charge in [-0.05, 0) is 54.4 Å². The number of rotatable bonds is 4. The summed E-state index contributed by atoms with van der Waals surface area (Å²) in [6.45, 7) is 1.82. The van der Waals surface area contributed by atoms with Gasteiger partial charge >= 0.3 is 6.18 Å². The van der Waals surface area contributed by atoms with Gasteiger partial charge in [0.1, 0.15) is 11.5 Å². The maximum atomic E-state index is 13.5. The summed E-state index contributed by atoms with van der Waals surface area (Å²) in [5.74, 6) is -0.641. The average Bonchev–Trinajstić information content (AvgIpc) is 2.66. The summed E-state index contributed by atoms with van der Waals surface area (Å²) in [5, 5.41) is 9.56. The maximum Gasteiger partial charge on any atom is 0.416 e. The molecule has 3 rings (SSSR count). The zero-order chi connectivity index (χ0) is 21.3. The Morgan fingerprint density at radius 3 is 2.21 bits per heavy atom. The molecular weight excluding hydrogens is 383 g/mol. The van der Waals surface area contributed by atoms with E-state index in [4.69, 9.17) is 10.5 Å². The predicted molar refractivity (Wildman–Crippen MR) is 104 cm³/mol. The van der Waals surface area contributed by atoms with Crippen molar-refractivity contribution in [3.05, 3.63) is 71.3 Å². The highest BCUT2D eigenvalue weighted by Crippen LogP contribution is 2.43. The molecule has 0 aromatic heterocycles. The van der Waals surface area contributed by atoms with Gasteiger partial charge in [-0.25, -0.2) is 0 Å². The first-order valence-electron chi connectivity index (χ1n) is 8.61. The summed E-state index contributed by atoms with van der Waals surface area (Å²) in [5.41, 5.74) is 6.25. The Balaban J connectivity index is 2.47. The minimum atomic E-state index is -4.68. The van der Waals surface area contributed by atoms with Crippen molar-refractivity contribution in [1.29, 1.82) is 0 Å². The number of aryl methyl sites for hydroxylation is 1. The van der Waals surface area contributed by atoms with E-state index in [1.54, 1.807) is 18.2 Å². The van der Waals surface area contributed by atoms with Gasteiger partial charge in [0.05, 0.1) is 12.7 Å². The first kappa shape index (κ1) is 20.3. The first-order valence-corrected chi connectivity index (χ1v) is 8.61. The number of hydrogen-bond acceptors (Lipinski definition) is 3. The number of ether oxygens (including phenoxy) is 1. The SMILES string of the molecule is COc1ccc(C)cc1-c1c(C(N)=O)cc(C(F)(F)F)cc1-c1ccc(O)cc1. The number of primary amides is 1. The zero-order valence-corrected chi connectivity index (χ0v) is 15.7. The van der Waals surface area contributed by atoms with Gasteiger partial charge in [-0.2, -0.15) is 13.2 Å². The number of phenols is 1. The average molecular weight is 401 g/mol.